The van der Waals surface area contributed by atoms with E-state index in [0.717, 1.165) is 48.7 Å². The lowest BCUT2D eigenvalue weighted by atomic mass is 9.94. The zero-order valence-corrected chi connectivity index (χ0v) is 15.0. The maximum Gasteiger partial charge on any atom is 0.418 e. The van der Waals surface area contributed by atoms with Crippen LogP contribution in [-0.2, 0) is 6.18 Å². The molecule has 0 aliphatic carbocycles. The van der Waals surface area contributed by atoms with Crippen molar-refractivity contribution in [3.05, 3.63) is 54.0 Å². The number of aromatic nitrogens is 3. The number of H-pyrrole nitrogens is 2. The lowest BCUT2D eigenvalue weighted by molar-refractivity contribution is -0.137. The Kier molecular flexibility index (Phi) is 3.94. The lowest BCUT2D eigenvalue weighted by Gasteiger charge is -2.21. The van der Waals surface area contributed by atoms with E-state index in [2.05, 4.69) is 20.3 Å². The summed E-state index contributed by atoms with van der Waals surface area (Å²) in [5.74, 6) is 0.258. The normalized spacial score (nSPS) is 18.2. The summed E-state index contributed by atoms with van der Waals surface area (Å²) in [6, 6.07) is 9.25. The number of hydrogen-bond donors (Lipinski definition) is 3. The van der Waals surface area contributed by atoms with Crippen LogP contribution in [-0.4, -0.2) is 28.0 Å². The first-order valence-corrected chi connectivity index (χ1v) is 9.38. The van der Waals surface area contributed by atoms with Gasteiger partial charge in [0.05, 0.1) is 5.56 Å². The third-order valence-electron chi connectivity index (χ3n) is 5.58. The molecule has 1 unspecified atom stereocenters. The first-order chi connectivity index (χ1) is 13.5. The molecule has 1 saturated heterocycles. The summed E-state index contributed by atoms with van der Waals surface area (Å²) in [5, 5.41) is 4.63. The average molecular weight is 384 g/mol. The number of halogens is 3. The van der Waals surface area contributed by atoms with Gasteiger partial charge in [-0.2, -0.15) is 13.2 Å². The Labute approximate surface area is 159 Å². The molecule has 1 aromatic carbocycles. The molecular weight excluding hydrogens is 365 g/mol. The Morgan fingerprint density at radius 3 is 2.75 bits per heavy atom. The molecule has 7 heteroatoms. The Balaban J connectivity index is 1.77. The molecule has 0 amide bonds. The Bertz CT molecular complexity index is 1150. The first kappa shape index (κ1) is 17.3. The van der Waals surface area contributed by atoms with Gasteiger partial charge < -0.3 is 15.3 Å². The molecule has 0 saturated carbocycles. The molecular formula is C21H19F3N4. The monoisotopic (exact) mass is 384 g/mol. The summed E-state index contributed by atoms with van der Waals surface area (Å²) in [6.45, 7) is 1.80. The van der Waals surface area contributed by atoms with E-state index in [0.29, 0.717) is 16.6 Å². The average Bonchev–Trinajstić information content (AvgIpc) is 3.31. The van der Waals surface area contributed by atoms with Gasteiger partial charge in [0.2, 0.25) is 0 Å². The number of alkyl halides is 3. The number of fused-ring (bicyclic) bond motifs is 2. The van der Waals surface area contributed by atoms with Crippen LogP contribution in [0.1, 0.15) is 30.0 Å². The summed E-state index contributed by atoms with van der Waals surface area (Å²) in [4.78, 5) is 10.5. The molecule has 28 heavy (non-hydrogen) atoms. The summed E-state index contributed by atoms with van der Waals surface area (Å²) >= 11 is 0. The number of hydrogen-bond acceptors (Lipinski definition) is 2. The number of rotatable bonds is 2. The number of aromatic amines is 2. The summed E-state index contributed by atoms with van der Waals surface area (Å²) < 4.78 is 41.6. The molecule has 4 aromatic rings. The van der Waals surface area contributed by atoms with Crippen molar-refractivity contribution in [3.63, 3.8) is 0 Å². The molecule has 1 fully saturated rings. The summed E-state index contributed by atoms with van der Waals surface area (Å²) in [7, 11) is 0. The van der Waals surface area contributed by atoms with E-state index in [9.17, 15) is 13.2 Å². The van der Waals surface area contributed by atoms with E-state index in [-0.39, 0.29) is 11.5 Å². The molecule has 4 heterocycles. The van der Waals surface area contributed by atoms with Gasteiger partial charge in [0.1, 0.15) is 5.65 Å². The van der Waals surface area contributed by atoms with Crippen molar-refractivity contribution in [2.75, 3.05) is 13.1 Å². The quantitative estimate of drug-likeness (QED) is 0.445. The minimum atomic E-state index is -4.49. The maximum atomic E-state index is 13.9. The van der Waals surface area contributed by atoms with Crippen molar-refractivity contribution in [1.29, 1.82) is 0 Å². The number of benzene rings is 1. The van der Waals surface area contributed by atoms with E-state index in [1.807, 2.05) is 30.3 Å². The molecule has 1 aliphatic heterocycles. The summed E-state index contributed by atoms with van der Waals surface area (Å²) in [5.41, 5.74) is 2.26. The van der Waals surface area contributed by atoms with Crippen LogP contribution in [0.25, 0.3) is 33.1 Å². The fraction of sp³-hybridized carbons (Fsp3) is 0.286. The SMILES string of the molecule is FC(F)(F)c1cnc2[nH]c(C3CCCNC3)cc2c1-c1c[nH]c2ccccc12. The van der Waals surface area contributed by atoms with E-state index < -0.39 is 11.7 Å². The third kappa shape index (κ3) is 2.77. The lowest BCUT2D eigenvalue weighted by Crippen LogP contribution is -2.28. The molecule has 5 rings (SSSR count). The number of para-hydroxylation sites is 1. The van der Waals surface area contributed by atoms with E-state index in [1.54, 1.807) is 6.20 Å². The number of piperidine rings is 1. The van der Waals surface area contributed by atoms with Gasteiger partial charge in [0.25, 0.3) is 0 Å². The minimum absolute atomic E-state index is 0.182. The molecule has 0 bridgehead atoms. The molecule has 144 valence electrons. The minimum Gasteiger partial charge on any atom is -0.361 e. The van der Waals surface area contributed by atoms with Crippen molar-refractivity contribution in [1.82, 2.24) is 20.3 Å². The van der Waals surface area contributed by atoms with Gasteiger partial charge in [-0.05, 0) is 31.5 Å². The van der Waals surface area contributed by atoms with E-state index >= 15 is 0 Å². The van der Waals surface area contributed by atoms with E-state index in [1.165, 1.54) is 0 Å². The van der Waals surface area contributed by atoms with Crippen LogP contribution in [0.5, 0.6) is 0 Å². The van der Waals surface area contributed by atoms with Gasteiger partial charge in [-0.25, -0.2) is 4.98 Å². The fourth-order valence-corrected chi connectivity index (χ4v) is 4.22. The smallest absolute Gasteiger partial charge is 0.361 e. The largest absolute Gasteiger partial charge is 0.418 e. The molecule has 0 spiro atoms. The maximum absolute atomic E-state index is 13.9. The van der Waals surface area contributed by atoms with Crippen molar-refractivity contribution >= 4 is 21.9 Å². The highest BCUT2D eigenvalue weighted by Gasteiger charge is 2.36. The molecule has 0 radical (unpaired) electrons. The van der Waals surface area contributed by atoms with Crippen LogP contribution < -0.4 is 5.32 Å². The van der Waals surface area contributed by atoms with Gasteiger partial charge in [0.15, 0.2) is 0 Å². The van der Waals surface area contributed by atoms with Gasteiger partial charge in [-0.3, -0.25) is 0 Å². The fourth-order valence-electron chi connectivity index (χ4n) is 4.22. The zero-order valence-electron chi connectivity index (χ0n) is 15.0. The summed E-state index contributed by atoms with van der Waals surface area (Å²) in [6.07, 6.45) is 0.173. The molecule has 1 aliphatic rings. The van der Waals surface area contributed by atoms with Crippen LogP contribution in [0.3, 0.4) is 0 Å². The second-order valence-electron chi connectivity index (χ2n) is 7.32. The second-order valence-corrected chi connectivity index (χ2v) is 7.32. The topological polar surface area (TPSA) is 56.5 Å². The number of nitrogens with zero attached hydrogens (tertiary/aromatic N) is 1. The molecule has 4 nitrogen and oxygen atoms in total. The highest BCUT2D eigenvalue weighted by Crippen LogP contribution is 2.43. The zero-order chi connectivity index (χ0) is 19.3. The Morgan fingerprint density at radius 2 is 1.96 bits per heavy atom. The van der Waals surface area contributed by atoms with Crippen LogP contribution in [0.4, 0.5) is 13.2 Å². The standard InChI is InChI=1S/C21H19F3N4/c22-21(23,24)16-11-27-20-14(8-18(28-20)12-4-3-7-25-9-12)19(16)15-10-26-17-6-2-1-5-13(15)17/h1-2,5-6,8,10-12,25-26H,3-4,7,9H2,(H,27,28). The Hall–Kier alpha value is -2.80. The van der Waals surface area contributed by atoms with Crippen molar-refractivity contribution < 1.29 is 13.2 Å². The third-order valence-corrected chi connectivity index (χ3v) is 5.58. The molecule has 3 aromatic heterocycles. The van der Waals surface area contributed by atoms with E-state index in [4.69, 9.17) is 0 Å². The van der Waals surface area contributed by atoms with Crippen LogP contribution in [0, 0.1) is 0 Å². The Morgan fingerprint density at radius 1 is 1.11 bits per heavy atom. The first-order valence-electron chi connectivity index (χ1n) is 9.38. The van der Waals surface area contributed by atoms with Crippen molar-refractivity contribution in [3.8, 4) is 11.1 Å². The second kappa shape index (κ2) is 6.38. The van der Waals surface area contributed by atoms with Gasteiger partial charge in [-0.1, -0.05) is 18.2 Å². The molecule has 1 atom stereocenters. The molecule has 3 N–H and O–H groups in total. The van der Waals surface area contributed by atoms with Gasteiger partial charge >= 0.3 is 6.18 Å². The number of nitrogens with one attached hydrogen (secondary N) is 3. The number of pyridine rings is 1. The highest BCUT2D eigenvalue weighted by atomic mass is 19.4. The van der Waals surface area contributed by atoms with Crippen LogP contribution >= 0.6 is 0 Å². The predicted octanol–water partition coefficient (Wildman–Crippen LogP) is 5.20. The van der Waals surface area contributed by atoms with Crippen molar-refractivity contribution in [2.45, 2.75) is 24.9 Å². The highest BCUT2D eigenvalue weighted by molar-refractivity contribution is 6.05. The van der Waals surface area contributed by atoms with Crippen molar-refractivity contribution in [2.24, 2.45) is 0 Å². The van der Waals surface area contributed by atoms with Gasteiger partial charge in [0, 0.05) is 58.0 Å². The van der Waals surface area contributed by atoms with Crippen LogP contribution in [0.2, 0.25) is 0 Å². The van der Waals surface area contributed by atoms with Gasteiger partial charge in [-0.15, -0.1) is 0 Å². The predicted molar refractivity (Wildman–Crippen MR) is 103 cm³/mol. The van der Waals surface area contributed by atoms with Crippen LogP contribution in [0.15, 0.2) is 42.7 Å².